The zero-order chi connectivity index (χ0) is 12.3. The number of hydrogen-bond donors (Lipinski definition) is 2. The van der Waals surface area contributed by atoms with Crippen LogP contribution in [0.4, 0.5) is 0 Å². The summed E-state index contributed by atoms with van der Waals surface area (Å²) in [6, 6.07) is 6.65. The lowest BCUT2D eigenvalue weighted by Gasteiger charge is -2.15. The van der Waals surface area contributed by atoms with E-state index in [4.69, 9.17) is 5.11 Å². The van der Waals surface area contributed by atoms with Crippen LogP contribution >= 0.6 is 11.3 Å². The van der Waals surface area contributed by atoms with Gasteiger partial charge in [0.1, 0.15) is 13.1 Å². The smallest absolute Gasteiger partial charge is 0.104 e. The van der Waals surface area contributed by atoms with Crippen LogP contribution in [0.25, 0.3) is 10.1 Å². The molecule has 2 nitrogen and oxygen atoms in total. The van der Waals surface area contributed by atoms with Gasteiger partial charge in [0, 0.05) is 21.0 Å². The summed E-state index contributed by atoms with van der Waals surface area (Å²) in [7, 11) is 0. The summed E-state index contributed by atoms with van der Waals surface area (Å²) in [6.07, 6.45) is 0. The molecule has 17 heavy (non-hydrogen) atoms. The summed E-state index contributed by atoms with van der Waals surface area (Å²) in [4.78, 5) is 1.44. The van der Waals surface area contributed by atoms with Crippen LogP contribution in [0.15, 0.2) is 23.6 Å². The van der Waals surface area contributed by atoms with Crippen LogP contribution < -0.4 is 4.90 Å². The minimum Gasteiger partial charge on any atom is -0.391 e. The lowest BCUT2D eigenvalue weighted by molar-refractivity contribution is -0.912. The average Bonchev–Trinajstić information content (AvgIpc) is 2.71. The molecule has 0 bridgehead atoms. The second-order valence-corrected chi connectivity index (χ2v) is 5.43. The van der Waals surface area contributed by atoms with Crippen LogP contribution in [0.2, 0.25) is 0 Å². The molecule has 2 rings (SSSR count). The van der Waals surface area contributed by atoms with Crippen molar-refractivity contribution in [2.24, 2.45) is 0 Å². The van der Waals surface area contributed by atoms with Crippen molar-refractivity contribution < 1.29 is 10.0 Å². The standard InChI is InChI=1S/C14H19NOS/c1-3-15(6-7-16)9-12-10-17-14-8-11(2)4-5-13(12)14/h4-5,8,10,16H,3,6-7,9H2,1-2H3/p+1. The molecule has 0 amide bonds. The highest BCUT2D eigenvalue weighted by atomic mass is 32.1. The lowest BCUT2D eigenvalue weighted by atomic mass is 10.1. The Balaban J connectivity index is 2.23. The van der Waals surface area contributed by atoms with Crippen molar-refractivity contribution in [3.8, 4) is 0 Å². The number of quaternary nitrogens is 1. The molecule has 0 saturated carbocycles. The van der Waals surface area contributed by atoms with Crippen molar-refractivity contribution in [2.45, 2.75) is 20.4 Å². The van der Waals surface area contributed by atoms with E-state index in [9.17, 15) is 0 Å². The lowest BCUT2D eigenvalue weighted by Crippen LogP contribution is -3.10. The van der Waals surface area contributed by atoms with Gasteiger partial charge in [-0.25, -0.2) is 0 Å². The normalized spacial score (nSPS) is 13.1. The average molecular weight is 250 g/mol. The van der Waals surface area contributed by atoms with Crippen LogP contribution in [0, 0.1) is 6.92 Å². The molecule has 2 N–H and O–H groups in total. The van der Waals surface area contributed by atoms with E-state index < -0.39 is 0 Å². The molecule has 0 radical (unpaired) electrons. The number of aryl methyl sites for hydroxylation is 1. The van der Waals surface area contributed by atoms with E-state index in [1.807, 2.05) is 11.3 Å². The predicted molar refractivity (Wildman–Crippen MR) is 73.7 cm³/mol. The number of fused-ring (bicyclic) bond motifs is 1. The Labute approximate surface area is 106 Å². The first-order valence-corrected chi connectivity index (χ1v) is 7.03. The van der Waals surface area contributed by atoms with Gasteiger partial charge in [0.05, 0.1) is 13.2 Å². The molecule has 0 spiro atoms. The molecular weight excluding hydrogens is 230 g/mol. The Bertz CT molecular complexity index is 492. The highest BCUT2D eigenvalue weighted by Crippen LogP contribution is 2.26. The maximum Gasteiger partial charge on any atom is 0.104 e. The molecule has 2 aromatic rings. The molecule has 0 saturated heterocycles. The topological polar surface area (TPSA) is 24.7 Å². The fourth-order valence-electron chi connectivity index (χ4n) is 2.14. The van der Waals surface area contributed by atoms with E-state index in [2.05, 4.69) is 37.4 Å². The van der Waals surface area contributed by atoms with Crippen molar-refractivity contribution in [3.63, 3.8) is 0 Å². The quantitative estimate of drug-likeness (QED) is 0.828. The van der Waals surface area contributed by atoms with E-state index in [0.717, 1.165) is 19.6 Å². The summed E-state index contributed by atoms with van der Waals surface area (Å²) in [5.41, 5.74) is 2.73. The van der Waals surface area contributed by atoms with Crippen molar-refractivity contribution in [1.29, 1.82) is 0 Å². The summed E-state index contributed by atoms with van der Waals surface area (Å²) >= 11 is 1.82. The van der Waals surface area contributed by atoms with Gasteiger partial charge in [-0.05, 0) is 25.5 Å². The molecule has 1 aromatic carbocycles. The minimum atomic E-state index is 0.268. The molecular formula is C14H20NOS+. The number of rotatable bonds is 5. The van der Waals surface area contributed by atoms with Gasteiger partial charge < -0.3 is 10.0 Å². The largest absolute Gasteiger partial charge is 0.391 e. The third-order valence-electron chi connectivity index (χ3n) is 3.22. The Hall–Kier alpha value is -0.900. The molecule has 0 aliphatic rings. The molecule has 0 fully saturated rings. The Morgan fingerprint density at radius 2 is 2.18 bits per heavy atom. The van der Waals surface area contributed by atoms with Crippen LogP contribution in [0.3, 0.4) is 0 Å². The van der Waals surface area contributed by atoms with Crippen LogP contribution in [0.5, 0.6) is 0 Å². The summed E-state index contributed by atoms with van der Waals surface area (Å²) in [5.74, 6) is 0. The monoisotopic (exact) mass is 250 g/mol. The van der Waals surface area contributed by atoms with Gasteiger partial charge in [-0.15, -0.1) is 11.3 Å². The zero-order valence-corrected chi connectivity index (χ0v) is 11.3. The number of hydrogen-bond acceptors (Lipinski definition) is 2. The van der Waals surface area contributed by atoms with Gasteiger partial charge >= 0.3 is 0 Å². The number of likely N-dealkylation sites (N-methyl/N-ethyl adjacent to an activating group) is 1. The Morgan fingerprint density at radius 1 is 1.35 bits per heavy atom. The number of aliphatic hydroxyl groups is 1. The number of benzene rings is 1. The Kier molecular flexibility index (Phi) is 4.15. The maximum atomic E-state index is 9.03. The second-order valence-electron chi connectivity index (χ2n) is 4.51. The fraction of sp³-hybridized carbons (Fsp3) is 0.429. The molecule has 92 valence electrons. The maximum absolute atomic E-state index is 9.03. The van der Waals surface area contributed by atoms with E-state index >= 15 is 0 Å². The van der Waals surface area contributed by atoms with Crippen molar-refractivity contribution in [1.82, 2.24) is 0 Å². The van der Waals surface area contributed by atoms with Crippen molar-refractivity contribution in [2.75, 3.05) is 19.7 Å². The fourth-order valence-corrected chi connectivity index (χ4v) is 3.20. The molecule has 1 atom stereocenters. The van der Waals surface area contributed by atoms with Gasteiger partial charge in [0.15, 0.2) is 0 Å². The molecule has 0 aliphatic heterocycles. The molecule has 1 unspecified atom stereocenters. The Morgan fingerprint density at radius 3 is 2.88 bits per heavy atom. The zero-order valence-electron chi connectivity index (χ0n) is 10.5. The first-order chi connectivity index (χ1) is 8.24. The third kappa shape index (κ3) is 2.86. The van der Waals surface area contributed by atoms with E-state index in [-0.39, 0.29) is 6.61 Å². The summed E-state index contributed by atoms with van der Waals surface area (Å²) < 4.78 is 1.37. The number of aliphatic hydroxyl groups excluding tert-OH is 1. The molecule has 1 aromatic heterocycles. The van der Waals surface area contributed by atoms with Gasteiger partial charge in [0.25, 0.3) is 0 Å². The summed E-state index contributed by atoms with van der Waals surface area (Å²) in [5, 5.41) is 12.7. The number of nitrogens with one attached hydrogen (secondary N) is 1. The van der Waals surface area contributed by atoms with Gasteiger partial charge in [0.2, 0.25) is 0 Å². The first kappa shape index (κ1) is 12.6. The highest BCUT2D eigenvalue weighted by molar-refractivity contribution is 7.17. The van der Waals surface area contributed by atoms with E-state index in [0.29, 0.717) is 0 Å². The summed E-state index contributed by atoms with van der Waals surface area (Å²) in [6.45, 7) is 7.48. The molecule has 3 heteroatoms. The van der Waals surface area contributed by atoms with Crippen molar-refractivity contribution in [3.05, 3.63) is 34.7 Å². The third-order valence-corrected chi connectivity index (χ3v) is 4.21. The van der Waals surface area contributed by atoms with Crippen LogP contribution in [-0.4, -0.2) is 24.8 Å². The van der Waals surface area contributed by atoms with E-state index in [1.165, 1.54) is 26.1 Å². The van der Waals surface area contributed by atoms with Gasteiger partial charge in [-0.1, -0.05) is 12.1 Å². The van der Waals surface area contributed by atoms with Gasteiger partial charge in [-0.3, -0.25) is 0 Å². The SMILES string of the molecule is CC[NH+](CCO)Cc1csc2cc(C)ccc12. The van der Waals surface area contributed by atoms with E-state index in [1.54, 1.807) is 0 Å². The van der Waals surface area contributed by atoms with Gasteiger partial charge in [-0.2, -0.15) is 0 Å². The van der Waals surface area contributed by atoms with Crippen molar-refractivity contribution >= 4 is 21.4 Å². The van der Waals surface area contributed by atoms with Crippen LogP contribution in [-0.2, 0) is 6.54 Å². The first-order valence-electron chi connectivity index (χ1n) is 6.15. The molecule has 1 heterocycles. The second kappa shape index (κ2) is 5.63. The predicted octanol–water partition coefficient (Wildman–Crippen LogP) is 1.61. The van der Waals surface area contributed by atoms with Crippen LogP contribution in [0.1, 0.15) is 18.1 Å². The molecule has 0 aliphatic carbocycles. The number of thiophene rings is 1. The minimum absolute atomic E-state index is 0.268. The highest BCUT2D eigenvalue weighted by Gasteiger charge is 2.10.